The number of likely N-dealkylation sites (N-methyl/N-ethyl adjacent to an activating group) is 1. The second-order valence-electron chi connectivity index (χ2n) is 6.98. The molecule has 0 unspecified atom stereocenters. The van der Waals surface area contributed by atoms with Crippen LogP contribution in [0.1, 0.15) is 28.9 Å². The molecule has 2 aromatic rings. The Hall–Kier alpha value is -2.18. The lowest BCUT2D eigenvalue weighted by molar-refractivity contribution is -0.125. The Balaban J connectivity index is 1.89. The zero-order chi connectivity index (χ0) is 18.1. The van der Waals surface area contributed by atoms with E-state index in [-0.39, 0.29) is 18.0 Å². The SMILES string of the molecule is CNC(=O)[C@@H]1C[C@@H](N)CN1Cc1cc(C)n(-c2cc(C)ccn2)c1C. The van der Waals surface area contributed by atoms with E-state index in [0.29, 0.717) is 6.42 Å². The predicted molar refractivity (Wildman–Crippen MR) is 98.6 cm³/mol. The summed E-state index contributed by atoms with van der Waals surface area (Å²) in [5.74, 6) is 0.976. The monoisotopic (exact) mass is 341 g/mol. The van der Waals surface area contributed by atoms with Gasteiger partial charge in [-0.3, -0.25) is 9.69 Å². The van der Waals surface area contributed by atoms with E-state index in [1.54, 1.807) is 7.05 Å². The van der Waals surface area contributed by atoms with Crippen LogP contribution in [0.2, 0.25) is 0 Å². The first kappa shape index (κ1) is 17.6. The van der Waals surface area contributed by atoms with Gasteiger partial charge < -0.3 is 15.6 Å². The number of nitrogens with one attached hydrogen (secondary N) is 1. The molecular formula is C19H27N5O. The molecule has 1 fully saturated rings. The van der Waals surface area contributed by atoms with Gasteiger partial charge in [-0.2, -0.15) is 0 Å². The Labute approximate surface area is 149 Å². The molecule has 0 aliphatic carbocycles. The van der Waals surface area contributed by atoms with Gasteiger partial charge in [0.1, 0.15) is 5.82 Å². The molecule has 1 aliphatic heterocycles. The van der Waals surface area contributed by atoms with Crippen molar-refractivity contribution in [1.82, 2.24) is 19.8 Å². The normalized spacial score (nSPS) is 20.8. The Morgan fingerprint density at radius 2 is 2.12 bits per heavy atom. The van der Waals surface area contributed by atoms with E-state index < -0.39 is 0 Å². The molecule has 0 radical (unpaired) electrons. The molecule has 1 amide bonds. The largest absolute Gasteiger partial charge is 0.358 e. The predicted octanol–water partition coefficient (Wildman–Crippen LogP) is 1.45. The quantitative estimate of drug-likeness (QED) is 0.882. The van der Waals surface area contributed by atoms with Crippen LogP contribution in [-0.2, 0) is 11.3 Å². The number of aromatic nitrogens is 2. The number of hydrogen-bond acceptors (Lipinski definition) is 4. The second kappa shape index (κ2) is 6.98. The van der Waals surface area contributed by atoms with E-state index in [0.717, 1.165) is 30.3 Å². The van der Waals surface area contributed by atoms with Gasteiger partial charge in [0, 0.05) is 43.8 Å². The van der Waals surface area contributed by atoms with Crippen LogP contribution < -0.4 is 11.1 Å². The van der Waals surface area contributed by atoms with Crippen molar-refractivity contribution in [1.29, 1.82) is 0 Å². The third-order valence-electron chi connectivity index (χ3n) is 5.02. The highest BCUT2D eigenvalue weighted by molar-refractivity contribution is 5.81. The number of likely N-dealkylation sites (tertiary alicyclic amines) is 1. The highest BCUT2D eigenvalue weighted by Gasteiger charge is 2.35. The lowest BCUT2D eigenvalue weighted by atomic mass is 10.1. The van der Waals surface area contributed by atoms with Crippen molar-refractivity contribution < 1.29 is 4.79 Å². The van der Waals surface area contributed by atoms with Crippen molar-refractivity contribution in [2.45, 2.75) is 45.8 Å². The van der Waals surface area contributed by atoms with Gasteiger partial charge in [0.2, 0.25) is 5.91 Å². The molecule has 2 atom stereocenters. The maximum Gasteiger partial charge on any atom is 0.237 e. The summed E-state index contributed by atoms with van der Waals surface area (Å²) in [5.41, 5.74) is 10.8. The summed E-state index contributed by atoms with van der Waals surface area (Å²) in [4.78, 5) is 18.8. The van der Waals surface area contributed by atoms with E-state index >= 15 is 0 Å². The van der Waals surface area contributed by atoms with Crippen LogP contribution in [0.5, 0.6) is 0 Å². The molecule has 0 bridgehead atoms. The minimum absolute atomic E-state index is 0.0436. The van der Waals surface area contributed by atoms with Gasteiger partial charge in [-0.05, 0) is 56.5 Å². The molecule has 1 aliphatic rings. The summed E-state index contributed by atoms with van der Waals surface area (Å²) in [6.45, 7) is 7.73. The summed E-state index contributed by atoms with van der Waals surface area (Å²) in [5, 5.41) is 2.76. The van der Waals surface area contributed by atoms with Crippen LogP contribution in [-0.4, -0.2) is 46.0 Å². The highest BCUT2D eigenvalue weighted by atomic mass is 16.2. The lowest BCUT2D eigenvalue weighted by Gasteiger charge is -2.23. The number of nitrogens with zero attached hydrogens (tertiary/aromatic N) is 3. The minimum atomic E-state index is -0.153. The summed E-state index contributed by atoms with van der Waals surface area (Å²) >= 11 is 0. The third kappa shape index (κ3) is 3.45. The maximum absolute atomic E-state index is 12.2. The summed E-state index contributed by atoms with van der Waals surface area (Å²) < 4.78 is 2.17. The van der Waals surface area contributed by atoms with Crippen molar-refractivity contribution in [2.75, 3.05) is 13.6 Å². The van der Waals surface area contributed by atoms with Gasteiger partial charge in [0.15, 0.2) is 0 Å². The van der Waals surface area contributed by atoms with Crippen LogP contribution >= 0.6 is 0 Å². The standard InChI is InChI=1S/C19H27N5O/c1-12-5-6-22-18(7-12)24-13(2)8-15(14(24)3)10-23-11-16(20)9-17(23)19(25)21-4/h5-8,16-17H,9-11,20H2,1-4H3,(H,21,25)/t16-,17+/m1/s1. The van der Waals surface area contributed by atoms with E-state index in [1.165, 1.54) is 11.1 Å². The number of amides is 1. The molecule has 25 heavy (non-hydrogen) atoms. The highest BCUT2D eigenvalue weighted by Crippen LogP contribution is 2.25. The molecule has 6 heteroatoms. The van der Waals surface area contributed by atoms with E-state index in [9.17, 15) is 4.79 Å². The number of hydrogen-bond donors (Lipinski definition) is 2. The van der Waals surface area contributed by atoms with Gasteiger partial charge in [-0.15, -0.1) is 0 Å². The fourth-order valence-electron chi connectivity index (χ4n) is 3.76. The molecule has 134 valence electrons. The van der Waals surface area contributed by atoms with Gasteiger partial charge in [-0.25, -0.2) is 4.98 Å². The molecule has 0 saturated carbocycles. The van der Waals surface area contributed by atoms with E-state index in [4.69, 9.17) is 5.73 Å². The Kier molecular flexibility index (Phi) is 4.92. The van der Waals surface area contributed by atoms with E-state index in [2.05, 4.69) is 52.7 Å². The first-order valence-corrected chi connectivity index (χ1v) is 8.72. The van der Waals surface area contributed by atoms with Crippen molar-refractivity contribution in [2.24, 2.45) is 5.73 Å². The topological polar surface area (TPSA) is 76.2 Å². The third-order valence-corrected chi connectivity index (χ3v) is 5.02. The molecular weight excluding hydrogens is 314 g/mol. The molecule has 3 N–H and O–H groups in total. The number of aryl methyl sites for hydroxylation is 2. The summed E-state index contributed by atoms with van der Waals surface area (Å²) in [6.07, 6.45) is 2.54. The zero-order valence-corrected chi connectivity index (χ0v) is 15.4. The molecule has 0 aromatic carbocycles. The Bertz CT molecular complexity index is 782. The number of carbonyl (C=O) groups excluding carboxylic acids is 1. The van der Waals surface area contributed by atoms with Gasteiger partial charge in [0.25, 0.3) is 0 Å². The summed E-state index contributed by atoms with van der Waals surface area (Å²) in [6, 6.07) is 6.16. The first-order chi connectivity index (χ1) is 11.9. The summed E-state index contributed by atoms with van der Waals surface area (Å²) in [7, 11) is 1.68. The molecule has 3 rings (SSSR count). The molecule has 1 saturated heterocycles. The van der Waals surface area contributed by atoms with Crippen LogP contribution in [0, 0.1) is 20.8 Å². The van der Waals surface area contributed by atoms with Crippen LogP contribution in [0.15, 0.2) is 24.4 Å². The lowest BCUT2D eigenvalue weighted by Crippen LogP contribution is -2.41. The van der Waals surface area contributed by atoms with Crippen LogP contribution in [0.25, 0.3) is 5.82 Å². The fraction of sp³-hybridized carbons (Fsp3) is 0.474. The Morgan fingerprint density at radius 1 is 1.36 bits per heavy atom. The van der Waals surface area contributed by atoms with Crippen LogP contribution in [0.3, 0.4) is 0 Å². The number of rotatable bonds is 4. The minimum Gasteiger partial charge on any atom is -0.358 e. The number of nitrogens with two attached hydrogens (primary N) is 1. The fourth-order valence-corrected chi connectivity index (χ4v) is 3.76. The van der Waals surface area contributed by atoms with Crippen LogP contribution in [0.4, 0.5) is 0 Å². The Morgan fingerprint density at radius 3 is 2.80 bits per heavy atom. The van der Waals surface area contributed by atoms with Gasteiger partial charge in [0.05, 0.1) is 6.04 Å². The smallest absolute Gasteiger partial charge is 0.237 e. The maximum atomic E-state index is 12.2. The van der Waals surface area contributed by atoms with Crippen molar-refractivity contribution >= 4 is 5.91 Å². The van der Waals surface area contributed by atoms with E-state index in [1.807, 2.05) is 12.3 Å². The van der Waals surface area contributed by atoms with Gasteiger partial charge >= 0.3 is 0 Å². The van der Waals surface area contributed by atoms with Gasteiger partial charge in [-0.1, -0.05) is 0 Å². The first-order valence-electron chi connectivity index (χ1n) is 8.72. The molecule has 0 spiro atoms. The zero-order valence-electron chi connectivity index (χ0n) is 15.4. The second-order valence-corrected chi connectivity index (χ2v) is 6.98. The number of carbonyl (C=O) groups is 1. The average molecular weight is 341 g/mol. The van der Waals surface area contributed by atoms with Crippen molar-refractivity contribution in [3.05, 3.63) is 46.9 Å². The van der Waals surface area contributed by atoms with Crippen molar-refractivity contribution in [3.63, 3.8) is 0 Å². The van der Waals surface area contributed by atoms with Crippen molar-refractivity contribution in [3.8, 4) is 5.82 Å². The molecule has 6 nitrogen and oxygen atoms in total. The molecule has 3 heterocycles. The number of pyridine rings is 1. The molecule has 2 aromatic heterocycles. The average Bonchev–Trinajstić information content (AvgIpc) is 3.06.